The Morgan fingerprint density at radius 1 is 0.800 bits per heavy atom. The lowest BCUT2D eigenvalue weighted by Gasteiger charge is -2.12. The fraction of sp³-hybridized carbons (Fsp3) is 0. The summed E-state index contributed by atoms with van der Waals surface area (Å²) in [7, 11) is 0. The molecule has 0 amide bonds. The van der Waals surface area contributed by atoms with Crippen molar-refractivity contribution in [3.05, 3.63) is 88.2 Å². The topological polar surface area (TPSA) is 50.4 Å². The van der Waals surface area contributed by atoms with E-state index in [1.165, 1.54) is 6.07 Å². The zero-order valence-corrected chi connectivity index (χ0v) is 13.8. The van der Waals surface area contributed by atoms with Gasteiger partial charge in [0.2, 0.25) is 0 Å². The Labute approximate surface area is 148 Å². The average Bonchev–Trinajstić information content (AvgIpc) is 2.62. The van der Waals surface area contributed by atoms with E-state index in [1.807, 2.05) is 30.3 Å². The van der Waals surface area contributed by atoms with Gasteiger partial charge in [0.1, 0.15) is 11.3 Å². The number of phenolic OH excluding ortho intramolecular Hbond substituents is 1. The highest BCUT2D eigenvalue weighted by Gasteiger charge is 2.18. The van der Waals surface area contributed by atoms with Gasteiger partial charge in [-0.05, 0) is 35.4 Å². The van der Waals surface area contributed by atoms with Crippen LogP contribution in [0.15, 0.2) is 82.0 Å². The molecule has 3 nitrogen and oxygen atoms in total. The molecule has 0 spiro atoms. The number of hydrogen-bond donors (Lipinski definition) is 1. The third-order valence-corrected chi connectivity index (χ3v) is 4.34. The summed E-state index contributed by atoms with van der Waals surface area (Å²) in [6, 6.07) is 21.5. The van der Waals surface area contributed by atoms with Gasteiger partial charge in [-0.1, -0.05) is 54.1 Å². The largest absolute Gasteiger partial charge is 0.508 e. The molecule has 25 heavy (non-hydrogen) atoms. The van der Waals surface area contributed by atoms with E-state index >= 15 is 0 Å². The first-order valence-electron chi connectivity index (χ1n) is 7.75. The van der Waals surface area contributed by atoms with Crippen LogP contribution in [0.3, 0.4) is 0 Å². The number of phenols is 1. The first kappa shape index (κ1) is 15.5. The van der Waals surface area contributed by atoms with Gasteiger partial charge in [-0.3, -0.25) is 0 Å². The van der Waals surface area contributed by atoms with Crippen molar-refractivity contribution in [2.45, 2.75) is 0 Å². The molecular weight excluding hydrogens is 336 g/mol. The van der Waals surface area contributed by atoms with Crippen LogP contribution in [0.25, 0.3) is 33.2 Å². The quantitative estimate of drug-likeness (QED) is 0.487. The maximum absolute atomic E-state index is 12.7. The number of fused-ring (bicyclic) bond motifs is 1. The lowest BCUT2D eigenvalue weighted by Crippen LogP contribution is -2.06. The number of halogens is 1. The first-order valence-corrected chi connectivity index (χ1v) is 8.12. The van der Waals surface area contributed by atoms with Crippen molar-refractivity contribution in [2.75, 3.05) is 0 Å². The summed E-state index contributed by atoms with van der Waals surface area (Å²) in [6.07, 6.45) is 0. The highest BCUT2D eigenvalue weighted by Crippen LogP contribution is 2.37. The molecule has 1 aromatic heterocycles. The van der Waals surface area contributed by atoms with Crippen LogP contribution >= 0.6 is 11.6 Å². The Kier molecular flexibility index (Phi) is 3.79. The predicted molar refractivity (Wildman–Crippen MR) is 100 cm³/mol. The molecule has 0 fully saturated rings. The van der Waals surface area contributed by atoms with Crippen LogP contribution in [0.1, 0.15) is 0 Å². The van der Waals surface area contributed by atoms with Gasteiger partial charge >= 0.3 is 5.63 Å². The normalized spacial score (nSPS) is 10.9. The minimum Gasteiger partial charge on any atom is -0.508 e. The van der Waals surface area contributed by atoms with Crippen molar-refractivity contribution < 1.29 is 9.52 Å². The second-order valence-electron chi connectivity index (χ2n) is 5.69. The van der Waals surface area contributed by atoms with E-state index in [-0.39, 0.29) is 5.75 Å². The van der Waals surface area contributed by atoms with E-state index in [1.54, 1.807) is 36.4 Å². The summed E-state index contributed by atoms with van der Waals surface area (Å²) in [5, 5.41) is 11.1. The van der Waals surface area contributed by atoms with Gasteiger partial charge in [-0.25, -0.2) is 4.79 Å². The Hall–Kier alpha value is -3.04. The molecule has 1 heterocycles. The smallest absolute Gasteiger partial charge is 0.344 e. The molecule has 3 aromatic carbocycles. The van der Waals surface area contributed by atoms with Crippen LogP contribution in [-0.2, 0) is 0 Å². The molecule has 0 aliphatic carbocycles. The van der Waals surface area contributed by atoms with E-state index in [9.17, 15) is 9.90 Å². The van der Waals surface area contributed by atoms with Gasteiger partial charge in [-0.15, -0.1) is 0 Å². The molecule has 122 valence electrons. The number of benzene rings is 3. The van der Waals surface area contributed by atoms with Crippen LogP contribution < -0.4 is 5.63 Å². The second kappa shape index (κ2) is 6.11. The van der Waals surface area contributed by atoms with Crippen molar-refractivity contribution in [2.24, 2.45) is 0 Å². The van der Waals surface area contributed by atoms with Crippen LogP contribution in [-0.4, -0.2) is 5.11 Å². The fourth-order valence-corrected chi connectivity index (χ4v) is 3.10. The monoisotopic (exact) mass is 348 g/mol. The summed E-state index contributed by atoms with van der Waals surface area (Å²) in [4.78, 5) is 12.7. The minimum atomic E-state index is -0.459. The summed E-state index contributed by atoms with van der Waals surface area (Å²) in [5.74, 6) is 0.0499. The Morgan fingerprint density at radius 2 is 1.48 bits per heavy atom. The van der Waals surface area contributed by atoms with Crippen molar-refractivity contribution in [1.82, 2.24) is 0 Å². The third-order valence-electron chi connectivity index (χ3n) is 4.09. The van der Waals surface area contributed by atoms with Gasteiger partial charge in [0.25, 0.3) is 0 Å². The Balaban J connectivity index is 2.15. The first-order chi connectivity index (χ1) is 12.1. The van der Waals surface area contributed by atoms with E-state index in [4.69, 9.17) is 16.0 Å². The van der Waals surface area contributed by atoms with Crippen molar-refractivity contribution in [1.29, 1.82) is 0 Å². The zero-order chi connectivity index (χ0) is 17.4. The molecule has 0 atom stereocenters. The average molecular weight is 349 g/mol. The number of hydrogen-bond acceptors (Lipinski definition) is 3. The zero-order valence-electron chi connectivity index (χ0n) is 13.1. The molecule has 0 bridgehead atoms. The van der Waals surface area contributed by atoms with Crippen molar-refractivity contribution >= 4 is 22.6 Å². The molecule has 0 unspecified atom stereocenters. The van der Waals surface area contributed by atoms with E-state index < -0.39 is 5.63 Å². The number of aromatic hydroxyl groups is 1. The highest BCUT2D eigenvalue weighted by atomic mass is 35.5. The lowest BCUT2D eigenvalue weighted by molar-refractivity contribution is 0.473. The SMILES string of the molecule is O=c1oc2cc(O)ccc2c(-c2ccccc2)c1-c1ccc(Cl)cc1. The van der Waals surface area contributed by atoms with E-state index in [0.29, 0.717) is 16.2 Å². The van der Waals surface area contributed by atoms with Gasteiger partial charge in [0.05, 0.1) is 5.56 Å². The summed E-state index contributed by atoms with van der Waals surface area (Å²) in [6.45, 7) is 0. The van der Waals surface area contributed by atoms with Crippen LogP contribution in [0.2, 0.25) is 5.02 Å². The van der Waals surface area contributed by atoms with Crippen LogP contribution in [0, 0.1) is 0 Å². The molecule has 4 rings (SSSR count). The Morgan fingerprint density at radius 3 is 2.20 bits per heavy atom. The van der Waals surface area contributed by atoms with Crippen molar-refractivity contribution in [3.63, 3.8) is 0 Å². The van der Waals surface area contributed by atoms with Gasteiger partial charge < -0.3 is 9.52 Å². The maximum atomic E-state index is 12.7. The summed E-state index contributed by atoms with van der Waals surface area (Å²) in [5.41, 5.74) is 2.76. The van der Waals surface area contributed by atoms with Gasteiger partial charge in [-0.2, -0.15) is 0 Å². The minimum absolute atomic E-state index is 0.0499. The molecule has 0 aliphatic rings. The summed E-state index contributed by atoms with van der Waals surface area (Å²) < 4.78 is 5.47. The second-order valence-corrected chi connectivity index (χ2v) is 6.13. The molecular formula is C21H13ClO3. The highest BCUT2D eigenvalue weighted by molar-refractivity contribution is 6.30. The predicted octanol–water partition coefficient (Wildman–Crippen LogP) is 5.49. The molecule has 0 saturated heterocycles. The van der Waals surface area contributed by atoms with E-state index in [0.717, 1.165) is 22.1 Å². The number of rotatable bonds is 2. The van der Waals surface area contributed by atoms with Crippen LogP contribution in [0.5, 0.6) is 5.75 Å². The van der Waals surface area contributed by atoms with Gasteiger partial charge in [0.15, 0.2) is 0 Å². The van der Waals surface area contributed by atoms with Crippen molar-refractivity contribution in [3.8, 4) is 28.0 Å². The Bertz CT molecular complexity index is 1110. The molecule has 4 aromatic rings. The molecule has 1 N–H and O–H groups in total. The molecule has 0 aliphatic heterocycles. The molecule has 0 radical (unpaired) electrons. The maximum Gasteiger partial charge on any atom is 0.344 e. The standard InChI is InChI=1S/C21H13ClO3/c22-15-8-6-14(7-9-15)20-19(13-4-2-1-3-5-13)17-11-10-16(23)12-18(17)25-21(20)24/h1-12,23H. The summed E-state index contributed by atoms with van der Waals surface area (Å²) >= 11 is 5.98. The third kappa shape index (κ3) is 2.79. The van der Waals surface area contributed by atoms with Crippen LogP contribution in [0.4, 0.5) is 0 Å². The molecule has 0 saturated carbocycles. The van der Waals surface area contributed by atoms with Gasteiger partial charge in [0, 0.05) is 22.0 Å². The molecule has 4 heteroatoms. The fourth-order valence-electron chi connectivity index (χ4n) is 2.97. The lowest BCUT2D eigenvalue weighted by atomic mass is 9.93. The van der Waals surface area contributed by atoms with E-state index in [2.05, 4.69) is 0 Å².